The molecule has 1 saturated heterocycles. The van der Waals surface area contributed by atoms with Crippen LogP contribution in [0, 0.1) is 0 Å². The minimum atomic E-state index is -4.49. The summed E-state index contributed by atoms with van der Waals surface area (Å²) in [5, 5.41) is 4.36. The fourth-order valence-corrected chi connectivity index (χ4v) is 3.74. The molecule has 4 heterocycles. The maximum absolute atomic E-state index is 13.0. The summed E-state index contributed by atoms with van der Waals surface area (Å²) in [5.74, 6) is 1.18. The van der Waals surface area contributed by atoms with Crippen LogP contribution in [0.5, 0.6) is 0 Å². The SMILES string of the molecule is O=c1[nH]c(CN2CCN(c3cncc4ncnn34)CC2)nc2cc(C(F)(F)F)ccc12. The number of halogens is 3. The van der Waals surface area contributed by atoms with Gasteiger partial charge in [-0.05, 0) is 18.2 Å². The Kier molecular flexibility index (Phi) is 4.58. The van der Waals surface area contributed by atoms with Gasteiger partial charge in [-0.2, -0.15) is 22.8 Å². The first-order chi connectivity index (χ1) is 14.9. The van der Waals surface area contributed by atoms with E-state index in [1.807, 2.05) is 0 Å². The molecule has 1 aliphatic rings. The Morgan fingerprint density at radius 3 is 2.68 bits per heavy atom. The average Bonchev–Trinajstić information content (AvgIpc) is 3.22. The van der Waals surface area contributed by atoms with Crippen molar-refractivity contribution < 1.29 is 13.2 Å². The van der Waals surface area contributed by atoms with Crippen molar-refractivity contribution >= 4 is 22.4 Å². The van der Waals surface area contributed by atoms with Gasteiger partial charge in [0.1, 0.15) is 12.2 Å². The van der Waals surface area contributed by atoms with E-state index in [2.05, 4.69) is 34.8 Å². The van der Waals surface area contributed by atoms with Gasteiger partial charge in [0.15, 0.2) is 11.5 Å². The molecule has 0 spiro atoms. The molecular weight excluding hydrogens is 413 g/mol. The first-order valence-electron chi connectivity index (χ1n) is 9.60. The number of alkyl halides is 3. The third-order valence-corrected chi connectivity index (χ3v) is 5.32. The number of benzene rings is 1. The van der Waals surface area contributed by atoms with Gasteiger partial charge in [-0.25, -0.2) is 9.97 Å². The maximum Gasteiger partial charge on any atom is 0.416 e. The van der Waals surface area contributed by atoms with Crippen LogP contribution >= 0.6 is 0 Å². The highest BCUT2D eigenvalue weighted by atomic mass is 19.4. The number of hydrogen-bond donors (Lipinski definition) is 1. The monoisotopic (exact) mass is 430 g/mol. The zero-order valence-electron chi connectivity index (χ0n) is 16.2. The van der Waals surface area contributed by atoms with E-state index in [9.17, 15) is 18.0 Å². The number of nitrogens with zero attached hydrogens (tertiary/aromatic N) is 7. The summed E-state index contributed by atoms with van der Waals surface area (Å²) >= 11 is 0. The number of rotatable bonds is 3. The molecule has 4 aromatic rings. The third-order valence-electron chi connectivity index (χ3n) is 5.32. The van der Waals surface area contributed by atoms with E-state index >= 15 is 0 Å². The summed E-state index contributed by atoms with van der Waals surface area (Å²) in [5.41, 5.74) is -0.572. The minimum Gasteiger partial charge on any atom is -0.353 e. The van der Waals surface area contributed by atoms with Gasteiger partial charge in [-0.3, -0.25) is 14.7 Å². The molecule has 1 aromatic carbocycles. The molecule has 9 nitrogen and oxygen atoms in total. The second kappa shape index (κ2) is 7.30. The van der Waals surface area contributed by atoms with Crippen LogP contribution in [0.15, 0.2) is 41.7 Å². The summed E-state index contributed by atoms with van der Waals surface area (Å²) in [7, 11) is 0. The van der Waals surface area contributed by atoms with Crippen molar-refractivity contribution in [2.45, 2.75) is 12.7 Å². The molecule has 1 N–H and O–H groups in total. The lowest BCUT2D eigenvalue weighted by Gasteiger charge is -2.35. The first-order valence-corrected chi connectivity index (χ1v) is 9.60. The predicted octanol–water partition coefficient (Wildman–Crippen LogP) is 1.70. The number of anilines is 1. The fraction of sp³-hybridized carbons (Fsp3) is 0.316. The molecule has 0 aliphatic carbocycles. The lowest BCUT2D eigenvalue weighted by atomic mass is 10.1. The van der Waals surface area contributed by atoms with E-state index in [0.29, 0.717) is 44.2 Å². The molecule has 12 heteroatoms. The highest BCUT2D eigenvalue weighted by Gasteiger charge is 2.31. The van der Waals surface area contributed by atoms with Crippen molar-refractivity contribution in [1.82, 2.24) is 34.4 Å². The van der Waals surface area contributed by atoms with E-state index in [0.717, 1.165) is 24.0 Å². The number of aromatic amines is 1. The van der Waals surface area contributed by atoms with Gasteiger partial charge in [0, 0.05) is 26.2 Å². The molecule has 5 rings (SSSR count). The number of hydrogen-bond acceptors (Lipinski definition) is 7. The van der Waals surface area contributed by atoms with Crippen molar-refractivity contribution in [2.24, 2.45) is 0 Å². The van der Waals surface area contributed by atoms with Gasteiger partial charge in [-0.15, -0.1) is 0 Å². The minimum absolute atomic E-state index is 0.0381. The van der Waals surface area contributed by atoms with E-state index in [1.54, 1.807) is 16.9 Å². The predicted molar refractivity (Wildman–Crippen MR) is 106 cm³/mol. The summed E-state index contributed by atoms with van der Waals surface area (Å²) in [4.78, 5) is 31.8. The Morgan fingerprint density at radius 2 is 1.90 bits per heavy atom. The van der Waals surface area contributed by atoms with E-state index in [-0.39, 0.29) is 10.9 Å². The van der Waals surface area contributed by atoms with Gasteiger partial charge in [0.25, 0.3) is 5.56 Å². The van der Waals surface area contributed by atoms with Crippen molar-refractivity contribution in [3.05, 3.63) is 58.7 Å². The van der Waals surface area contributed by atoms with Crippen LogP contribution in [0.1, 0.15) is 11.4 Å². The van der Waals surface area contributed by atoms with Crippen LogP contribution in [-0.2, 0) is 12.7 Å². The Labute approximate surface area is 173 Å². The zero-order valence-corrected chi connectivity index (χ0v) is 16.2. The van der Waals surface area contributed by atoms with E-state index in [4.69, 9.17) is 0 Å². The van der Waals surface area contributed by atoms with Crippen LogP contribution in [0.4, 0.5) is 19.0 Å². The highest BCUT2D eigenvalue weighted by molar-refractivity contribution is 5.78. The normalized spacial score (nSPS) is 15.8. The molecule has 31 heavy (non-hydrogen) atoms. The maximum atomic E-state index is 13.0. The number of fused-ring (bicyclic) bond motifs is 2. The van der Waals surface area contributed by atoms with Crippen LogP contribution in [0.2, 0.25) is 0 Å². The van der Waals surface area contributed by atoms with Gasteiger partial charge in [-0.1, -0.05) is 0 Å². The fourth-order valence-electron chi connectivity index (χ4n) is 3.74. The van der Waals surface area contributed by atoms with Crippen LogP contribution < -0.4 is 10.5 Å². The average molecular weight is 430 g/mol. The van der Waals surface area contributed by atoms with Crippen molar-refractivity contribution in [1.29, 1.82) is 0 Å². The smallest absolute Gasteiger partial charge is 0.353 e. The molecule has 0 radical (unpaired) electrons. The number of H-pyrrole nitrogens is 1. The Bertz CT molecular complexity index is 1310. The number of nitrogens with one attached hydrogen (secondary N) is 1. The molecule has 1 aliphatic heterocycles. The standard InChI is InChI=1S/C19H17F3N8O/c20-19(21,22)12-1-2-13-14(7-12)26-15(27-18(13)31)10-28-3-5-29(6-4-28)17-9-23-8-16-24-11-25-30(16)17/h1-2,7-9,11H,3-6,10H2,(H,26,27,31). The Balaban J connectivity index is 1.33. The first kappa shape index (κ1) is 19.4. The van der Waals surface area contributed by atoms with Gasteiger partial charge in [0.05, 0.1) is 35.4 Å². The second-order valence-electron chi connectivity index (χ2n) is 7.30. The molecule has 160 valence electrons. The molecule has 0 atom stereocenters. The van der Waals surface area contributed by atoms with Crippen molar-refractivity contribution in [2.75, 3.05) is 31.1 Å². The van der Waals surface area contributed by atoms with Gasteiger partial charge < -0.3 is 9.88 Å². The summed E-state index contributed by atoms with van der Waals surface area (Å²) in [6, 6.07) is 2.96. The topological polar surface area (TPSA) is 95.3 Å². The lowest BCUT2D eigenvalue weighted by molar-refractivity contribution is -0.137. The molecule has 0 unspecified atom stereocenters. The number of piperazine rings is 1. The summed E-state index contributed by atoms with van der Waals surface area (Å²) < 4.78 is 40.7. The van der Waals surface area contributed by atoms with Crippen molar-refractivity contribution in [3.8, 4) is 0 Å². The van der Waals surface area contributed by atoms with Crippen LogP contribution in [0.3, 0.4) is 0 Å². The molecule has 3 aromatic heterocycles. The third kappa shape index (κ3) is 3.69. The second-order valence-corrected chi connectivity index (χ2v) is 7.30. The molecule has 0 amide bonds. The van der Waals surface area contributed by atoms with Crippen molar-refractivity contribution in [3.63, 3.8) is 0 Å². The van der Waals surface area contributed by atoms with Gasteiger partial charge >= 0.3 is 6.18 Å². The van der Waals surface area contributed by atoms with E-state index in [1.165, 1.54) is 6.33 Å². The van der Waals surface area contributed by atoms with Crippen LogP contribution in [0.25, 0.3) is 16.6 Å². The molecular formula is C19H17F3N8O. The van der Waals surface area contributed by atoms with Gasteiger partial charge in [0.2, 0.25) is 0 Å². The quantitative estimate of drug-likeness (QED) is 0.529. The molecule has 0 saturated carbocycles. The summed E-state index contributed by atoms with van der Waals surface area (Å²) in [6.45, 7) is 3.07. The molecule has 0 bridgehead atoms. The lowest BCUT2D eigenvalue weighted by Crippen LogP contribution is -2.47. The Morgan fingerprint density at radius 1 is 1.10 bits per heavy atom. The zero-order chi connectivity index (χ0) is 21.6. The number of aromatic nitrogens is 6. The van der Waals surface area contributed by atoms with Crippen LogP contribution in [-0.4, -0.2) is 60.6 Å². The Hall–Kier alpha value is -3.54. The highest BCUT2D eigenvalue weighted by Crippen LogP contribution is 2.30. The largest absolute Gasteiger partial charge is 0.416 e. The summed E-state index contributed by atoms with van der Waals surface area (Å²) in [6.07, 6.45) is 0.357. The molecule has 1 fully saturated rings. The van der Waals surface area contributed by atoms with E-state index < -0.39 is 17.3 Å².